The van der Waals surface area contributed by atoms with Crippen molar-refractivity contribution < 1.29 is 14.3 Å². The number of rotatable bonds is 8. The monoisotopic (exact) mass is 484 g/mol. The molecule has 1 fully saturated rings. The molecule has 1 amide bonds. The predicted molar refractivity (Wildman–Crippen MR) is 136 cm³/mol. The number of aromatic amines is 1. The van der Waals surface area contributed by atoms with Gasteiger partial charge in [0, 0.05) is 29.6 Å². The fourth-order valence-corrected chi connectivity index (χ4v) is 4.49. The molecule has 0 bridgehead atoms. The molecule has 0 unspecified atom stereocenters. The first kappa shape index (κ1) is 23.4. The van der Waals surface area contributed by atoms with Gasteiger partial charge in [0.25, 0.3) is 0 Å². The third kappa shape index (κ3) is 4.75. The van der Waals surface area contributed by atoms with Gasteiger partial charge in [-0.3, -0.25) is 10.4 Å². The number of anilines is 1. The number of benzene rings is 2. The summed E-state index contributed by atoms with van der Waals surface area (Å²) in [6.45, 7) is 4.08. The lowest BCUT2D eigenvalue weighted by molar-refractivity contribution is 0.130. The van der Waals surface area contributed by atoms with E-state index in [2.05, 4.69) is 31.1 Å². The Kier molecular flexibility index (Phi) is 6.58. The van der Waals surface area contributed by atoms with Crippen molar-refractivity contribution in [2.75, 3.05) is 11.9 Å². The van der Waals surface area contributed by atoms with Crippen molar-refractivity contribution in [3.8, 4) is 23.1 Å². The zero-order valence-electron chi connectivity index (χ0n) is 20.3. The average Bonchev–Trinajstić information content (AvgIpc) is 3.44. The zero-order valence-corrected chi connectivity index (χ0v) is 20.3. The summed E-state index contributed by atoms with van der Waals surface area (Å²) in [6.07, 6.45) is 4.73. The smallest absolute Gasteiger partial charge is 0.411 e. The van der Waals surface area contributed by atoms with Gasteiger partial charge in [-0.15, -0.1) is 0 Å². The van der Waals surface area contributed by atoms with Gasteiger partial charge in [0.1, 0.15) is 24.0 Å². The molecule has 9 heteroatoms. The van der Waals surface area contributed by atoms with Gasteiger partial charge >= 0.3 is 6.09 Å². The van der Waals surface area contributed by atoms with E-state index < -0.39 is 6.09 Å². The molecule has 2 N–H and O–H groups in total. The number of H-pyrrole nitrogens is 1. The van der Waals surface area contributed by atoms with Crippen molar-refractivity contribution in [3.05, 3.63) is 60.2 Å². The van der Waals surface area contributed by atoms with Gasteiger partial charge in [0.15, 0.2) is 0 Å². The van der Waals surface area contributed by atoms with Crippen LogP contribution in [-0.4, -0.2) is 38.6 Å². The summed E-state index contributed by atoms with van der Waals surface area (Å²) in [6, 6.07) is 16.2. The van der Waals surface area contributed by atoms with E-state index in [1.165, 1.54) is 12.7 Å². The summed E-state index contributed by atoms with van der Waals surface area (Å²) in [5.41, 5.74) is 4.09. The lowest BCUT2D eigenvalue weighted by Gasteiger charge is -2.30. The van der Waals surface area contributed by atoms with Crippen LogP contribution in [0.4, 0.5) is 10.5 Å². The summed E-state index contributed by atoms with van der Waals surface area (Å²) in [4.78, 5) is 16.1. The first-order valence-corrected chi connectivity index (χ1v) is 12.2. The van der Waals surface area contributed by atoms with E-state index in [1.54, 1.807) is 13.8 Å². The Morgan fingerprint density at radius 2 is 2.06 bits per heavy atom. The Labute approximate surface area is 209 Å². The lowest BCUT2D eigenvalue weighted by atomic mass is 9.92. The number of fused-ring (bicyclic) bond motifs is 1. The van der Waals surface area contributed by atoms with Crippen LogP contribution in [-0.2, 0) is 11.2 Å². The minimum absolute atomic E-state index is 0.198. The molecule has 9 nitrogen and oxygen atoms in total. The number of carbonyl (C=O) groups is 1. The van der Waals surface area contributed by atoms with Gasteiger partial charge in [-0.25, -0.2) is 9.78 Å². The van der Waals surface area contributed by atoms with Crippen molar-refractivity contribution in [1.29, 1.82) is 5.26 Å². The maximum absolute atomic E-state index is 12.0. The number of hydrogen-bond acceptors (Lipinski definition) is 6. The number of carbonyl (C=O) groups excluding carboxylic acids is 1. The fraction of sp³-hybridized carbons (Fsp3) is 0.333. The van der Waals surface area contributed by atoms with Crippen LogP contribution in [0.2, 0.25) is 0 Å². The molecule has 4 aromatic rings. The minimum atomic E-state index is -0.491. The van der Waals surface area contributed by atoms with Crippen molar-refractivity contribution in [1.82, 2.24) is 19.7 Å². The van der Waals surface area contributed by atoms with Crippen molar-refractivity contribution in [3.63, 3.8) is 0 Å². The maximum atomic E-state index is 12.0. The molecule has 1 aliphatic rings. The summed E-state index contributed by atoms with van der Waals surface area (Å²) in [7, 11) is 0. The fourth-order valence-electron chi connectivity index (χ4n) is 4.49. The van der Waals surface area contributed by atoms with Gasteiger partial charge < -0.3 is 14.0 Å². The van der Waals surface area contributed by atoms with Crippen LogP contribution in [0.3, 0.4) is 0 Å². The Hall–Kier alpha value is -4.32. The highest BCUT2D eigenvalue weighted by molar-refractivity contribution is 5.96. The first-order chi connectivity index (χ1) is 17.5. The Morgan fingerprint density at radius 3 is 2.69 bits per heavy atom. The van der Waals surface area contributed by atoms with Gasteiger partial charge in [-0.1, -0.05) is 12.1 Å². The van der Waals surface area contributed by atoms with Crippen LogP contribution in [0.1, 0.15) is 50.5 Å². The molecule has 0 atom stereocenters. The van der Waals surface area contributed by atoms with E-state index in [0.29, 0.717) is 30.3 Å². The minimum Gasteiger partial charge on any atom is -0.493 e. The zero-order chi connectivity index (χ0) is 25.1. The highest BCUT2D eigenvalue weighted by Gasteiger charge is 2.28. The van der Waals surface area contributed by atoms with Crippen LogP contribution >= 0.6 is 0 Å². The van der Waals surface area contributed by atoms with Gasteiger partial charge in [0.2, 0.25) is 0 Å². The molecule has 0 saturated heterocycles. The largest absolute Gasteiger partial charge is 0.493 e. The molecular formula is C27H28N6O3. The summed E-state index contributed by atoms with van der Waals surface area (Å²) in [5.74, 6) is 1.53. The average molecular weight is 485 g/mol. The number of nitrogens with zero attached hydrogens (tertiary/aromatic N) is 4. The number of ether oxygens (including phenoxy) is 2. The van der Waals surface area contributed by atoms with Gasteiger partial charge in [-0.2, -0.15) is 10.4 Å². The van der Waals surface area contributed by atoms with E-state index in [1.807, 2.05) is 42.5 Å². The number of nitrogens with one attached hydrogen (secondary N) is 2. The van der Waals surface area contributed by atoms with Crippen molar-refractivity contribution in [2.24, 2.45) is 0 Å². The molecule has 36 heavy (non-hydrogen) atoms. The second kappa shape index (κ2) is 10.1. The second-order valence-corrected chi connectivity index (χ2v) is 9.16. The predicted octanol–water partition coefficient (Wildman–Crippen LogP) is 5.60. The van der Waals surface area contributed by atoms with E-state index in [9.17, 15) is 10.1 Å². The number of amides is 1. The molecule has 0 aliphatic heterocycles. The lowest BCUT2D eigenvalue weighted by Crippen LogP contribution is -2.18. The van der Waals surface area contributed by atoms with Gasteiger partial charge in [-0.05, 0) is 62.9 Å². The molecule has 2 aromatic carbocycles. The number of nitriles is 1. The number of hydrogen-bond donors (Lipinski definition) is 2. The van der Waals surface area contributed by atoms with E-state index in [-0.39, 0.29) is 6.10 Å². The Balaban J connectivity index is 1.47. The normalized spacial score (nSPS) is 13.4. The molecule has 184 valence electrons. The van der Waals surface area contributed by atoms with Crippen LogP contribution in [0.5, 0.6) is 5.75 Å². The third-order valence-electron chi connectivity index (χ3n) is 6.35. The first-order valence-electron chi connectivity index (χ1n) is 12.2. The van der Waals surface area contributed by atoms with E-state index in [4.69, 9.17) is 9.47 Å². The molecule has 2 heterocycles. The SMILES string of the molecule is CC(C)OC(=O)Nc1ccc(-c2c(C#N)c3ccc(OCCc4ncn[nH]4)cc3n2C2CCC2)cc1. The highest BCUT2D eigenvalue weighted by Crippen LogP contribution is 2.43. The maximum Gasteiger partial charge on any atom is 0.411 e. The highest BCUT2D eigenvalue weighted by atomic mass is 16.6. The Morgan fingerprint density at radius 1 is 1.25 bits per heavy atom. The standard InChI is InChI=1S/C27H28N6O3/c1-17(2)36-27(34)31-19-8-6-18(7-9-19)26-23(15-28)22-11-10-21(35-13-12-25-29-16-30-32-25)14-24(22)33(26)20-4-3-5-20/h6-11,14,16-17,20H,3-5,12-13H2,1-2H3,(H,31,34)(H,29,30,32). The molecule has 2 aromatic heterocycles. The van der Waals surface area contributed by atoms with Crippen LogP contribution < -0.4 is 10.1 Å². The van der Waals surface area contributed by atoms with E-state index >= 15 is 0 Å². The van der Waals surface area contributed by atoms with Crippen molar-refractivity contribution in [2.45, 2.75) is 51.7 Å². The summed E-state index contributed by atoms with van der Waals surface area (Å²) >= 11 is 0. The molecule has 0 spiro atoms. The van der Waals surface area contributed by atoms with Crippen molar-refractivity contribution >= 4 is 22.7 Å². The molecule has 0 radical (unpaired) electrons. The molecular weight excluding hydrogens is 456 g/mol. The summed E-state index contributed by atoms with van der Waals surface area (Å²) < 4.78 is 13.5. The Bertz CT molecular complexity index is 1400. The second-order valence-electron chi connectivity index (χ2n) is 9.16. The van der Waals surface area contributed by atoms with Gasteiger partial charge in [0.05, 0.1) is 29.5 Å². The van der Waals surface area contributed by atoms with Crippen LogP contribution in [0, 0.1) is 11.3 Å². The quantitative estimate of drug-likeness (QED) is 0.336. The molecule has 1 aliphatic carbocycles. The summed E-state index contributed by atoms with van der Waals surface area (Å²) in [5, 5.41) is 20.5. The van der Waals surface area contributed by atoms with Crippen LogP contribution in [0.15, 0.2) is 48.8 Å². The third-order valence-corrected chi connectivity index (χ3v) is 6.35. The topological polar surface area (TPSA) is 118 Å². The molecule has 1 saturated carbocycles. The van der Waals surface area contributed by atoms with E-state index in [0.717, 1.165) is 46.6 Å². The molecule has 5 rings (SSSR count). The number of aromatic nitrogens is 4. The van der Waals surface area contributed by atoms with Crippen LogP contribution in [0.25, 0.3) is 22.2 Å².